The molecule has 0 saturated heterocycles. The van der Waals surface area contributed by atoms with Crippen LogP contribution in [0.2, 0.25) is 0 Å². The Morgan fingerprint density at radius 2 is 1.26 bits per heavy atom. The maximum atomic E-state index is 6.52. The molecule has 2 saturated carbocycles. The molecule has 3 aromatic rings. The van der Waals surface area contributed by atoms with Crippen molar-refractivity contribution >= 4 is 5.69 Å². The van der Waals surface area contributed by atoms with Gasteiger partial charge in [0.2, 0.25) is 0 Å². The average Bonchev–Trinajstić information content (AvgIpc) is 3.38. The highest BCUT2D eigenvalue weighted by atomic mass is 15.1. The fourth-order valence-electron chi connectivity index (χ4n) is 5.62. The Morgan fingerprint density at radius 3 is 1.84 bits per heavy atom. The molecule has 0 radical (unpaired) electrons. The molecule has 2 heterocycles. The molecule has 5 rings (SSSR count). The van der Waals surface area contributed by atoms with E-state index in [1.54, 1.807) is 0 Å². The number of aryl methyl sites for hydroxylation is 2. The molecule has 0 amide bonds. The number of rotatable bonds is 4. The zero-order valence-corrected chi connectivity index (χ0v) is 19.0. The lowest BCUT2D eigenvalue weighted by molar-refractivity contribution is 0.425. The molecule has 2 aliphatic carbocycles. The Hall–Kier alpha value is -2.56. The first kappa shape index (κ1) is 20.3. The highest BCUT2D eigenvalue weighted by molar-refractivity contribution is 5.63. The van der Waals surface area contributed by atoms with Gasteiger partial charge in [0.1, 0.15) is 11.6 Å². The van der Waals surface area contributed by atoms with Crippen LogP contribution in [0.1, 0.15) is 99.1 Å². The summed E-state index contributed by atoms with van der Waals surface area (Å²) in [5.41, 5.74) is 11.7. The molecular formula is C26H35N5. The second kappa shape index (κ2) is 8.52. The molecule has 5 nitrogen and oxygen atoms in total. The van der Waals surface area contributed by atoms with Crippen molar-refractivity contribution in [1.82, 2.24) is 19.1 Å². The summed E-state index contributed by atoms with van der Waals surface area (Å²) in [6.07, 6.45) is 17.2. The summed E-state index contributed by atoms with van der Waals surface area (Å²) in [7, 11) is 0. The minimum absolute atomic E-state index is 0.527. The van der Waals surface area contributed by atoms with Crippen molar-refractivity contribution in [2.24, 2.45) is 0 Å². The maximum absolute atomic E-state index is 6.52. The van der Waals surface area contributed by atoms with Crippen LogP contribution in [0.4, 0.5) is 5.69 Å². The third-order valence-corrected chi connectivity index (χ3v) is 7.20. The zero-order chi connectivity index (χ0) is 21.4. The Labute approximate surface area is 185 Å². The van der Waals surface area contributed by atoms with Gasteiger partial charge in [-0.2, -0.15) is 0 Å². The SMILES string of the molecule is Cc1cn(-c2ccc(N)c(-n3cc(C)nc3C3CCCCC3)c2)c(C2CCCCC2)n1. The lowest BCUT2D eigenvalue weighted by Crippen LogP contribution is -2.13. The molecule has 0 unspecified atom stereocenters. The van der Waals surface area contributed by atoms with Crippen LogP contribution in [-0.4, -0.2) is 19.1 Å². The van der Waals surface area contributed by atoms with Gasteiger partial charge in [-0.25, -0.2) is 9.97 Å². The molecule has 2 N–H and O–H groups in total. The summed E-state index contributed by atoms with van der Waals surface area (Å²) < 4.78 is 4.56. The Kier molecular flexibility index (Phi) is 5.59. The fourth-order valence-corrected chi connectivity index (χ4v) is 5.62. The van der Waals surface area contributed by atoms with Crippen LogP contribution in [0, 0.1) is 13.8 Å². The minimum Gasteiger partial charge on any atom is -0.397 e. The molecule has 5 heteroatoms. The van der Waals surface area contributed by atoms with Crippen molar-refractivity contribution in [3.05, 3.63) is 53.6 Å². The third-order valence-electron chi connectivity index (χ3n) is 7.20. The monoisotopic (exact) mass is 417 g/mol. The van der Waals surface area contributed by atoms with Gasteiger partial charge in [0.05, 0.1) is 22.8 Å². The number of hydrogen-bond acceptors (Lipinski definition) is 3. The van der Waals surface area contributed by atoms with Gasteiger partial charge in [0.15, 0.2) is 0 Å². The van der Waals surface area contributed by atoms with E-state index in [1.165, 1.54) is 75.9 Å². The number of nitrogen functional groups attached to an aromatic ring is 1. The van der Waals surface area contributed by atoms with Crippen LogP contribution >= 0.6 is 0 Å². The van der Waals surface area contributed by atoms with Gasteiger partial charge in [0.25, 0.3) is 0 Å². The van der Waals surface area contributed by atoms with Crippen molar-refractivity contribution < 1.29 is 0 Å². The quantitative estimate of drug-likeness (QED) is 0.503. The summed E-state index contributed by atoms with van der Waals surface area (Å²) >= 11 is 0. The summed E-state index contributed by atoms with van der Waals surface area (Å²) in [4.78, 5) is 9.88. The number of benzene rings is 1. The largest absolute Gasteiger partial charge is 0.397 e. The van der Waals surface area contributed by atoms with Crippen molar-refractivity contribution in [2.75, 3.05) is 5.73 Å². The van der Waals surface area contributed by atoms with Gasteiger partial charge in [-0.15, -0.1) is 0 Å². The topological polar surface area (TPSA) is 61.7 Å². The van der Waals surface area contributed by atoms with Crippen molar-refractivity contribution in [2.45, 2.75) is 89.9 Å². The lowest BCUT2D eigenvalue weighted by atomic mass is 9.88. The van der Waals surface area contributed by atoms with Gasteiger partial charge in [0, 0.05) is 29.9 Å². The van der Waals surface area contributed by atoms with E-state index in [0.29, 0.717) is 11.8 Å². The number of nitrogens with zero attached hydrogens (tertiary/aromatic N) is 4. The van der Waals surface area contributed by atoms with Gasteiger partial charge < -0.3 is 14.9 Å². The highest BCUT2D eigenvalue weighted by Crippen LogP contribution is 2.36. The van der Waals surface area contributed by atoms with Gasteiger partial charge in [-0.1, -0.05) is 38.5 Å². The number of hydrogen-bond donors (Lipinski definition) is 1. The third kappa shape index (κ3) is 4.02. The molecule has 0 aliphatic heterocycles. The highest BCUT2D eigenvalue weighted by Gasteiger charge is 2.24. The zero-order valence-electron chi connectivity index (χ0n) is 19.0. The Morgan fingerprint density at radius 1 is 0.742 bits per heavy atom. The van der Waals surface area contributed by atoms with Crippen LogP contribution in [0.15, 0.2) is 30.6 Å². The Bertz CT molecular complexity index is 1050. The van der Waals surface area contributed by atoms with Crippen LogP contribution in [0.3, 0.4) is 0 Å². The van der Waals surface area contributed by atoms with E-state index in [1.807, 2.05) is 6.07 Å². The molecule has 2 fully saturated rings. The van der Waals surface area contributed by atoms with Gasteiger partial charge >= 0.3 is 0 Å². The smallest absolute Gasteiger partial charge is 0.116 e. The van der Waals surface area contributed by atoms with E-state index in [0.717, 1.165) is 28.5 Å². The lowest BCUT2D eigenvalue weighted by Gasteiger charge is -2.24. The predicted octanol–water partition coefficient (Wildman–Crippen LogP) is 6.35. The summed E-state index contributed by atoms with van der Waals surface area (Å²) in [6, 6.07) is 6.41. The minimum atomic E-state index is 0.527. The molecule has 2 aromatic heterocycles. The molecule has 0 bridgehead atoms. The normalized spacial score (nSPS) is 18.5. The van der Waals surface area contributed by atoms with Crippen LogP contribution in [0.5, 0.6) is 0 Å². The number of nitrogens with two attached hydrogens (primary N) is 1. The standard InChI is InChI=1S/C26H35N5/c1-18-16-30(25(28-18)20-9-5-3-6-10-20)22-13-14-23(27)24(15-22)31-17-19(2)29-26(31)21-11-7-4-8-12-21/h13-17,20-21H,3-12,27H2,1-2H3. The summed E-state index contributed by atoms with van der Waals surface area (Å²) in [6.45, 7) is 4.19. The van der Waals surface area contributed by atoms with Gasteiger partial charge in [-0.3, -0.25) is 0 Å². The predicted molar refractivity (Wildman–Crippen MR) is 126 cm³/mol. The Balaban J connectivity index is 1.56. The van der Waals surface area contributed by atoms with Crippen molar-refractivity contribution in [1.29, 1.82) is 0 Å². The molecule has 0 atom stereocenters. The van der Waals surface area contributed by atoms with Crippen molar-refractivity contribution in [3.8, 4) is 11.4 Å². The summed E-state index contributed by atoms with van der Waals surface area (Å²) in [5.74, 6) is 3.47. The molecule has 2 aliphatic rings. The van der Waals surface area contributed by atoms with Crippen LogP contribution < -0.4 is 5.73 Å². The van der Waals surface area contributed by atoms with Crippen molar-refractivity contribution in [3.63, 3.8) is 0 Å². The van der Waals surface area contributed by atoms with Crippen LogP contribution in [-0.2, 0) is 0 Å². The number of aromatic nitrogens is 4. The molecular weight excluding hydrogens is 382 g/mol. The van der Waals surface area contributed by atoms with E-state index in [2.05, 4.69) is 47.5 Å². The second-order valence-electron chi connectivity index (χ2n) is 9.63. The maximum Gasteiger partial charge on any atom is 0.116 e. The van der Waals surface area contributed by atoms with Gasteiger partial charge in [-0.05, 0) is 57.7 Å². The molecule has 1 aromatic carbocycles. The fraction of sp³-hybridized carbons (Fsp3) is 0.538. The average molecular weight is 418 g/mol. The molecule has 31 heavy (non-hydrogen) atoms. The second-order valence-corrected chi connectivity index (χ2v) is 9.63. The first-order valence-corrected chi connectivity index (χ1v) is 12.1. The number of anilines is 1. The van der Waals surface area contributed by atoms with E-state index >= 15 is 0 Å². The number of imidazole rings is 2. The first-order chi connectivity index (χ1) is 15.1. The van der Waals surface area contributed by atoms with E-state index in [9.17, 15) is 0 Å². The van der Waals surface area contributed by atoms with E-state index in [-0.39, 0.29) is 0 Å². The van der Waals surface area contributed by atoms with E-state index < -0.39 is 0 Å². The summed E-state index contributed by atoms with van der Waals surface area (Å²) in [5, 5.41) is 0. The molecule has 0 spiro atoms. The molecule has 164 valence electrons. The first-order valence-electron chi connectivity index (χ1n) is 12.1. The van der Waals surface area contributed by atoms with E-state index in [4.69, 9.17) is 15.7 Å². The van der Waals surface area contributed by atoms with Crippen LogP contribution in [0.25, 0.3) is 11.4 Å².